The molecule has 0 aromatic carbocycles. The van der Waals surface area contributed by atoms with Gasteiger partial charge < -0.3 is 0 Å². The number of hydrogen-bond donors (Lipinski definition) is 0. The summed E-state index contributed by atoms with van der Waals surface area (Å²) in [6.07, 6.45) is 13.8. The second kappa shape index (κ2) is 10.1. The molecule has 0 amide bonds. The van der Waals surface area contributed by atoms with Crippen LogP contribution in [0.2, 0.25) is 0 Å². The summed E-state index contributed by atoms with van der Waals surface area (Å²) in [5.41, 5.74) is 1.31. The Bertz CT molecular complexity index is 440. The second-order valence-corrected chi connectivity index (χ2v) is 6.37. The molecule has 1 rings (SSSR count). The van der Waals surface area contributed by atoms with Crippen LogP contribution < -0.4 is 0 Å². The van der Waals surface area contributed by atoms with Crippen LogP contribution in [0.3, 0.4) is 0 Å². The molecule has 0 spiro atoms. The second-order valence-electron chi connectivity index (χ2n) is 4.98. The molecule has 0 N–H and O–H groups in total. The zero-order valence-electron chi connectivity index (χ0n) is 13.6. The van der Waals surface area contributed by atoms with Gasteiger partial charge in [0, 0.05) is 0 Å². The number of hydrogen-bond acceptors (Lipinski definition) is 2. The number of allylic oxidation sites excluding steroid dienone is 7. The van der Waals surface area contributed by atoms with Crippen molar-refractivity contribution >= 4 is 4.02 Å². The molecule has 0 bridgehead atoms. The molecular formula is C18H27NOW. The summed E-state index contributed by atoms with van der Waals surface area (Å²) in [5.74, 6) is 1.55. The number of likely N-dealkylation sites (N-methyl/N-ethyl adjacent to an activating group) is 1. The maximum atomic E-state index is 5.96. The van der Waals surface area contributed by atoms with Gasteiger partial charge in [-0.2, -0.15) is 0 Å². The van der Waals surface area contributed by atoms with Crippen LogP contribution in [-0.2, 0) is 24.1 Å². The van der Waals surface area contributed by atoms with E-state index in [1.807, 2.05) is 0 Å². The van der Waals surface area contributed by atoms with Crippen molar-refractivity contribution in [2.75, 3.05) is 19.7 Å². The molecule has 21 heavy (non-hydrogen) atoms. The Balaban J connectivity index is 2.92. The van der Waals surface area contributed by atoms with Crippen LogP contribution in [0.5, 0.6) is 0 Å². The van der Waals surface area contributed by atoms with Gasteiger partial charge in [0.2, 0.25) is 0 Å². The van der Waals surface area contributed by atoms with Gasteiger partial charge in [-0.25, -0.2) is 0 Å². The molecule has 1 aliphatic carbocycles. The van der Waals surface area contributed by atoms with Crippen LogP contribution in [0.15, 0.2) is 47.8 Å². The summed E-state index contributed by atoms with van der Waals surface area (Å²) in [6.45, 7) is 11.5. The average Bonchev–Trinajstić information content (AvgIpc) is 2.76. The van der Waals surface area contributed by atoms with Crippen molar-refractivity contribution in [3.63, 3.8) is 0 Å². The Morgan fingerprint density at radius 1 is 1.05 bits per heavy atom. The first kappa shape index (κ1) is 18.3. The molecule has 0 saturated heterocycles. The zero-order chi connectivity index (χ0) is 15.7. The van der Waals surface area contributed by atoms with E-state index in [0.29, 0.717) is 5.92 Å². The van der Waals surface area contributed by atoms with Gasteiger partial charge in [-0.3, -0.25) is 0 Å². The van der Waals surface area contributed by atoms with Crippen LogP contribution in [0.25, 0.3) is 0 Å². The fourth-order valence-corrected chi connectivity index (χ4v) is 3.65. The fraction of sp³-hybridized carbons (Fsp3) is 0.500. The van der Waals surface area contributed by atoms with E-state index in [0.717, 1.165) is 31.9 Å². The van der Waals surface area contributed by atoms with Crippen LogP contribution in [0, 0.1) is 5.92 Å². The van der Waals surface area contributed by atoms with Crippen LogP contribution in [0.4, 0.5) is 0 Å². The average molecular weight is 457 g/mol. The summed E-state index contributed by atoms with van der Waals surface area (Å²) in [7, 11) is 0. The number of nitrogens with zero attached hydrogens (tertiary/aromatic N) is 1. The summed E-state index contributed by atoms with van der Waals surface area (Å²) < 4.78 is 7.37. The van der Waals surface area contributed by atoms with Crippen LogP contribution in [-0.4, -0.2) is 28.6 Å². The molecule has 0 aliphatic heterocycles. The molecule has 0 radical (unpaired) electrons. The molecule has 0 saturated carbocycles. The van der Waals surface area contributed by atoms with Gasteiger partial charge in [0.15, 0.2) is 0 Å². The molecule has 3 heteroatoms. The van der Waals surface area contributed by atoms with Crippen molar-refractivity contribution in [2.24, 2.45) is 5.92 Å². The summed E-state index contributed by atoms with van der Waals surface area (Å²) >= 11 is 1.51. The molecule has 116 valence electrons. The first-order valence-corrected chi connectivity index (χ1v) is 9.24. The molecular weight excluding hydrogens is 430 g/mol. The van der Waals surface area contributed by atoms with E-state index in [9.17, 15) is 0 Å². The predicted octanol–water partition coefficient (Wildman–Crippen LogP) is 4.00. The minimum absolute atomic E-state index is 0.413. The van der Waals surface area contributed by atoms with Gasteiger partial charge >= 0.3 is 141 Å². The predicted molar refractivity (Wildman–Crippen MR) is 87.8 cm³/mol. The van der Waals surface area contributed by atoms with Crippen molar-refractivity contribution in [3.05, 3.63) is 47.8 Å². The van der Waals surface area contributed by atoms with Gasteiger partial charge in [-0.15, -0.1) is 0 Å². The van der Waals surface area contributed by atoms with E-state index >= 15 is 0 Å². The molecule has 0 atom stereocenters. The van der Waals surface area contributed by atoms with Gasteiger partial charge in [0.1, 0.15) is 0 Å². The molecule has 0 heterocycles. The van der Waals surface area contributed by atoms with Crippen molar-refractivity contribution in [1.82, 2.24) is 4.90 Å². The minimum atomic E-state index is 0.413. The molecule has 0 aromatic heterocycles. The molecule has 2 nitrogen and oxygen atoms in total. The van der Waals surface area contributed by atoms with Crippen LogP contribution >= 0.6 is 0 Å². The van der Waals surface area contributed by atoms with E-state index in [1.165, 1.54) is 28.9 Å². The number of rotatable bonds is 8. The van der Waals surface area contributed by atoms with Gasteiger partial charge in [-0.1, -0.05) is 0 Å². The maximum absolute atomic E-state index is 5.96. The Labute approximate surface area is 140 Å². The zero-order valence-corrected chi connectivity index (χ0v) is 16.6. The third-order valence-electron chi connectivity index (χ3n) is 3.58. The first-order valence-electron chi connectivity index (χ1n) is 7.77. The normalized spacial score (nSPS) is 16.0. The Kier molecular flexibility index (Phi) is 8.80. The van der Waals surface area contributed by atoms with E-state index in [2.05, 4.69) is 69.1 Å². The fourth-order valence-electron chi connectivity index (χ4n) is 2.32. The van der Waals surface area contributed by atoms with Crippen molar-refractivity contribution in [1.29, 1.82) is 0 Å². The molecule has 1 aliphatic rings. The number of ether oxygens (including phenoxy) is 1. The van der Waals surface area contributed by atoms with Gasteiger partial charge in [-0.05, 0) is 0 Å². The van der Waals surface area contributed by atoms with Crippen molar-refractivity contribution in [2.45, 2.75) is 34.1 Å². The first-order chi connectivity index (χ1) is 10.1. The monoisotopic (exact) mass is 457 g/mol. The SMILES string of the molecule is CCO/C(CC1C=CC=CC=C1)=C(\C)[C](=[W])N(CC)CC. The summed E-state index contributed by atoms with van der Waals surface area (Å²) in [4.78, 5) is 2.42. The standard InChI is InChI=1S/C18H27NO.W/c1-5-19(6-2)15-16(4)18(20-7-3)14-17-12-10-8-9-11-13-17;/h8-13,17H,5-7,14H2,1-4H3;/b18-16+;. The van der Waals surface area contributed by atoms with E-state index in [1.54, 1.807) is 0 Å². The van der Waals surface area contributed by atoms with E-state index in [4.69, 9.17) is 4.74 Å². The van der Waals surface area contributed by atoms with E-state index in [-0.39, 0.29) is 0 Å². The Hall–Kier alpha value is -0.722. The third-order valence-corrected chi connectivity index (χ3v) is 5.61. The van der Waals surface area contributed by atoms with Gasteiger partial charge in [0.25, 0.3) is 0 Å². The Morgan fingerprint density at radius 3 is 2.10 bits per heavy atom. The molecule has 0 fully saturated rings. The summed E-state index contributed by atoms with van der Waals surface area (Å²) in [6, 6.07) is 0. The van der Waals surface area contributed by atoms with Crippen molar-refractivity contribution < 1.29 is 24.1 Å². The topological polar surface area (TPSA) is 12.5 Å². The molecule has 0 unspecified atom stereocenters. The third kappa shape index (κ3) is 5.88. The Morgan fingerprint density at radius 2 is 1.62 bits per heavy atom. The quantitative estimate of drug-likeness (QED) is 0.511. The van der Waals surface area contributed by atoms with Gasteiger partial charge in [0.05, 0.1) is 0 Å². The summed E-state index contributed by atoms with van der Waals surface area (Å²) in [5, 5.41) is 0. The van der Waals surface area contributed by atoms with Crippen LogP contribution in [0.1, 0.15) is 34.1 Å². The van der Waals surface area contributed by atoms with E-state index < -0.39 is 0 Å². The van der Waals surface area contributed by atoms with Crippen molar-refractivity contribution in [3.8, 4) is 0 Å². The molecule has 0 aromatic rings.